The number of hydrogen-bond acceptors (Lipinski definition) is 3. The minimum Gasteiger partial charge on any atom is -0.480 e. The number of hydrogen-bond donors (Lipinski definition) is 2. The molecule has 0 aliphatic heterocycles. The summed E-state index contributed by atoms with van der Waals surface area (Å²) in [6, 6.07) is -0.884. The Morgan fingerprint density at radius 1 is 1.24 bits per heavy atom. The van der Waals surface area contributed by atoms with Crippen molar-refractivity contribution in [2.24, 2.45) is 0 Å². The van der Waals surface area contributed by atoms with Crippen LogP contribution < -0.4 is 5.32 Å². The molecule has 0 bridgehead atoms. The minimum atomic E-state index is -1.05. The van der Waals surface area contributed by atoms with Crippen molar-refractivity contribution in [2.75, 3.05) is 0 Å². The number of carbonyl (C=O) groups is 3. The summed E-state index contributed by atoms with van der Waals surface area (Å²) in [7, 11) is 0. The molecule has 0 aliphatic carbocycles. The molecule has 0 rings (SSSR count). The summed E-state index contributed by atoms with van der Waals surface area (Å²) in [6.07, 6.45) is 5.25. The van der Waals surface area contributed by atoms with Crippen LogP contribution in [0.2, 0.25) is 0 Å². The molecule has 0 aliphatic rings. The molecule has 0 unspecified atom stereocenters. The molecule has 0 heterocycles. The fourth-order valence-corrected chi connectivity index (χ4v) is 1.27. The van der Waals surface area contributed by atoms with Crippen LogP contribution in [-0.2, 0) is 14.4 Å². The molecule has 0 spiro atoms. The molecule has 1 amide bonds. The van der Waals surface area contributed by atoms with Crippen LogP contribution in [0, 0.1) is 0 Å². The highest BCUT2D eigenvalue weighted by Gasteiger charge is 2.17. The standard InChI is InChI=1S/C12H19NO4/c1-3-4-5-6-10(12(16)17)13-11(15)8-7-9(2)14/h7-8,10H,3-6H2,1-2H3,(H,13,15)(H,16,17)/b8-7+/t10-/m0/s1. The highest BCUT2D eigenvalue weighted by molar-refractivity contribution is 5.97. The largest absolute Gasteiger partial charge is 0.480 e. The molecule has 17 heavy (non-hydrogen) atoms. The first-order chi connectivity index (χ1) is 7.97. The van der Waals surface area contributed by atoms with Gasteiger partial charge in [-0.2, -0.15) is 0 Å². The molecule has 2 N–H and O–H groups in total. The zero-order chi connectivity index (χ0) is 13.3. The molecular weight excluding hydrogens is 222 g/mol. The van der Waals surface area contributed by atoms with Crippen LogP contribution in [0.4, 0.5) is 0 Å². The SMILES string of the molecule is CCCCC[C@H](NC(=O)/C=C/C(C)=O)C(=O)O. The van der Waals surface area contributed by atoms with E-state index < -0.39 is 17.9 Å². The third-order valence-corrected chi connectivity index (χ3v) is 2.18. The molecule has 0 saturated heterocycles. The van der Waals surface area contributed by atoms with Crippen molar-refractivity contribution in [2.45, 2.75) is 45.6 Å². The van der Waals surface area contributed by atoms with Gasteiger partial charge in [0.2, 0.25) is 5.91 Å². The number of carboxylic acid groups (broad SMARTS) is 1. The average molecular weight is 241 g/mol. The third-order valence-electron chi connectivity index (χ3n) is 2.18. The second-order valence-electron chi connectivity index (χ2n) is 3.84. The van der Waals surface area contributed by atoms with Crippen molar-refractivity contribution in [1.82, 2.24) is 5.32 Å². The average Bonchev–Trinajstić information content (AvgIpc) is 2.25. The van der Waals surface area contributed by atoms with E-state index in [0.717, 1.165) is 31.4 Å². The van der Waals surface area contributed by atoms with E-state index in [2.05, 4.69) is 5.32 Å². The fraction of sp³-hybridized carbons (Fsp3) is 0.583. The smallest absolute Gasteiger partial charge is 0.326 e. The fourth-order valence-electron chi connectivity index (χ4n) is 1.27. The van der Waals surface area contributed by atoms with Crippen LogP contribution >= 0.6 is 0 Å². The third kappa shape index (κ3) is 8.19. The number of unbranched alkanes of at least 4 members (excludes halogenated alkanes) is 2. The molecular formula is C12H19NO4. The monoisotopic (exact) mass is 241 g/mol. The number of ketones is 1. The Kier molecular flexibility index (Phi) is 7.67. The second-order valence-corrected chi connectivity index (χ2v) is 3.84. The Morgan fingerprint density at radius 3 is 2.35 bits per heavy atom. The zero-order valence-corrected chi connectivity index (χ0v) is 10.2. The summed E-state index contributed by atoms with van der Waals surface area (Å²) >= 11 is 0. The van der Waals surface area contributed by atoms with Gasteiger partial charge in [0.25, 0.3) is 0 Å². The summed E-state index contributed by atoms with van der Waals surface area (Å²) in [5, 5.41) is 11.2. The number of aliphatic carboxylic acids is 1. The van der Waals surface area contributed by atoms with E-state index in [1.165, 1.54) is 6.92 Å². The van der Waals surface area contributed by atoms with E-state index in [-0.39, 0.29) is 5.78 Å². The summed E-state index contributed by atoms with van der Waals surface area (Å²) < 4.78 is 0. The number of nitrogens with one attached hydrogen (secondary N) is 1. The Labute approximate surface area is 101 Å². The van der Waals surface area contributed by atoms with E-state index >= 15 is 0 Å². The highest BCUT2D eigenvalue weighted by atomic mass is 16.4. The predicted octanol–water partition coefficient (Wildman–Crippen LogP) is 1.28. The van der Waals surface area contributed by atoms with E-state index in [1.807, 2.05) is 6.92 Å². The first-order valence-electron chi connectivity index (χ1n) is 5.69. The van der Waals surface area contributed by atoms with Gasteiger partial charge in [-0.3, -0.25) is 9.59 Å². The second kappa shape index (κ2) is 8.50. The number of carboxylic acids is 1. The number of amides is 1. The maximum Gasteiger partial charge on any atom is 0.326 e. The van der Waals surface area contributed by atoms with Crippen molar-refractivity contribution >= 4 is 17.7 Å². The topological polar surface area (TPSA) is 83.5 Å². The highest BCUT2D eigenvalue weighted by Crippen LogP contribution is 2.03. The van der Waals surface area contributed by atoms with Crippen molar-refractivity contribution in [3.8, 4) is 0 Å². The molecule has 0 saturated carbocycles. The Hall–Kier alpha value is -1.65. The van der Waals surface area contributed by atoms with Gasteiger partial charge in [-0.25, -0.2) is 4.79 Å². The predicted molar refractivity (Wildman–Crippen MR) is 63.5 cm³/mol. The first kappa shape index (κ1) is 15.3. The van der Waals surface area contributed by atoms with Gasteiger partial charge in [-0.1, -0.05) is 26.2 Å². The summed E-state index contributed by atoms with van der Waals surface area (Å²) in [5.74, 6) is -1.85. The van der Waals surface area contributed by atoms with E-state index in [4.69, 9.17) is 5.11 Å². The molecule has 5 nitrogen and oxygen atoms in total. The summed E-state index contributed by atoms with van der Waals surface area (Å²) in [6.45, 7) is 3.34. The van der Waals surface area contributed by atoms with Crippen molar-refractivity contribution in [1.29, 1.82) is 0 Å². The van der Waals surface area contributed by atoms with E-state index in [0.29, 0.717) is 6.42 Å². The molecule has 5 heteroatoms. The van der Waals surface area contributed by atoms with Crippen LogP contribution in [0.3, 0.4) is 0 Å². The summed E-state index contributed by atoms with van der Waals surface area (Å²) in [4.78, 5) is 32.7. The van der Waals surface area contributed by atoms with Crippen molar-refractivity contribution < 1.29 is 19.5 Å². The lowest BCUT2D eigenvalue weighted by atomic mass is 10.1. The molecule has 1 atom stereocenters. The molecule has 0 aromatic rings. The van der Waals surface area contributed by atoms with Gasteiger partial charge < -0.3 is 10.4 Å². The van der Waals surface area contributed by atoms with Crippen LogP contribution in [0.1, 0.15) is 39.5 Å². The maximum atomic E-state index is 11.3. The molecule has 0 aromatic heterocycles. The number of carbonyl (C=O) groups excluding carboxylic acids is 2. The first-order valence-corrected chi connectivity index (χ1v) is 5.69. The van der Waals surface area contributed by atoms with Crippen LogP contribution in [0.15, 0.2) is 12.2 Å². The molecule has 96 valence electrons. The van der Waals surface area contributed by atoms with Gasteiger partial charge in [0, 0.05) is 6.08 Å². The molecule has 0 fully saturated rings. The Balaban J connectivity index is 4.20. The van der Waals surface area contributed by atoms with Gasteiger partial charge >= 0.3 is 5.97 Å². The zero-order valence-electron chi connectivity index (χ0n) is 10.2. The number of allylic oxidation sites excluding steroid dienone is 1. The van der Waals surface area contributed by atoms with Gasteiger partial charge in [0.15, 0.2) is 5.78 Å². The minimum absolute atomic E-state index is 0.252. The summed E-state index contributed by atoms with van der Waals surface area (Å²) in [5.41, 5.74) is 0. The van der Waals surface area contributed by atoms with Crippen molar-refractivity contribution in [3.63, 3.8) is 0 Å². The Morgan fingerprint density at radius 2 is 1.88 bits per heavy atom. The normalized spacial score (nSPS) is 12.4. The number of rotatable bonds is 8. The molecule has 0 radical (unpaired) electrons. The quantitative estimate of drug-likeness (QED) is 0.495. The van der Waals surface area contributed by atoms with Gasteiger partial charge in [0.05, 0.1) is 0 Å². The van der Waals surface area contributed by atoms with E-state index in [9.17, 15) is 14.4 Å². The van der Waals surface area contributed by atoms with Crippen LogP contribution in [0.25, 0.3) is 0 Å². The van der Waals surface area contributed by atoms with Crippen LogP contribution in [-0.4, -0.2) is 28.8 Å². The lowest BCUT2D eigenvalue weighted by Crippen LogP contribution is -2.39. The molecule has 0 aromatic carbocycles. The van der Waals surface area contributed by atoms with Crippen LogP contribution in [0.5, 0.6) is 0 Å². The van der Waals surface area contributed by atoms with Gasteiger partial charge in [-0.15, -0.1) is 0 Å². The van der Waals surface area contributed by atoms with E-state index in [1.54, 1.807) is 0 Å². The van der Waals surface area contributed by atoms with Gasteiger partial charge in [-0.05, 0) is 19.4 Å². The lowest BCUT2D eigenvalue weighted by Gasteiger charge is -2.12. The maximum absolute atomic E-state index is 11.3. The Bertz CT molecular complexity index is 310. The van der Waals surface area contributed by atoms with Gasteiger partial charge in [0.1, 0.15) is 6.04 Å². The van der Waals surface area contributed by atoms with Crippen molar-refractivity contribution in [3.05, 3.63) is 12.2 Å². The lowest BCUT2D eigenvalue weighted by molar-refractivity contribution is -0.141.